The zero-order valence-corrected chi connectivity index (χ0v) is 11.7. The number of aromatic nitrogens is 4. The van der Waals surface area contributed by atoms with Crippen molar-refractivity contribution in [1.29, 1.82) is 0 Å². The van der Waals surface area contributed by atoms with Crippen molar-refractivity contribution in [1.82, 2.24) is 19.2 Å². The molecule has 4 rings (SSSR count). The second-order valence-electron chi connectivity index (χ2n) is 4.66. The molecular formula is C15H10N4OS. The van der Waals surface area contributed by atoms with Gasteiger partial charge >= 0.3 is 0 Å². The molecule has 0 amide bonds. The Labute approximate surface area is 124 Å². The van der Waals surface area contributed by atoms with E-state index in [2.05, 4.69) is 10.1 Å². The molecular weight excluding hydrogens is 284 g/mol. The van der Waals surface area contributed by atoms with Crippen molar-refractivity contribution in [3.8, 4) is 5.69 Å². The average Bonchev–Trinajstić information content (AvgIpc) is 2.85. The highest BCUT2D eigenvalue weighted by atomic mass is 32.1. The summed E-state index contributed by atoms with van der Waals surface area (Å²) in [5.41, 5.74) is 1.36. The summed E-state index contributed by atoms with van der Waals surface area (Å²) in [7, 11) is 0. The second-order valence-corrected chi connectivity index (χ2v) is 5.04. The molecule has 102 valence electrons. The van der Waals surface area contributed by atoms with E-state index < -0.39 is 0 Å². The van der Waals surface area contributed by atoms with Crippen molar-refractivity contribution in [3.05, 3.63) is 69.7 Å². The third kappa shape index (κ3) is 1.73. The van der Waals surface area contributed by atoms with Gasteiger partial charge in [-0.1, -0.05) is 30.3 Å². The Morgan fingerprint density at radius 1 is 1.00 bits per heavy atom. The van der Waals surface area contributed by atoms with Gasteiger partial charge in [0, 0.05) is 0 Å². The Hall–Kier alpha value is -2.73. The number of benzene rings is 2. The van der Waals surface area contributed by atoms with Gasteiger partial charge in [-0.3, -0.25) is 14.5 Å². The van der Waals surface area contributed by atoms with Crippen LogP contribution in [0.15, 0.2) is 59.4 Å². The molecule has 0 fully saturated rings. The van der Waals surface area contributed by atoms with Gasteiger partial charge in [-0.2, -0.15) is 4.52 Å². The van der Waals surface area contributed by atoms with Gasteiger partial charge in [-0.25, -0.2) is 4.98 Å². The van der Waals surface area contributed by atoms with Gasteiger partial charge in [-0.05, 0) is 36.5 Å². The summed E-state index contributed by atoms with van der Waals surface area (Å²) in [5.74, 6) is 0.481. The zero-order chi connectivity index (χ0) is 14.4. The van der Waals surface area contributed by atoms with Crippen LogP contribution < -0.4 is 5.56 Å². The third-order valence-electron chi connectivity index (χ3n) is 3.38. The van der Waals surface area contributed by atoms with Crippen molar-refractivity contribution < 1.29 is 0 Å². The smallest absolute Gasteiger partial charge is 0.267 e. The molecule has 0 aliphatic heterocycles. The summed E-state index contributed by atoms with van der Waals surface area (Å²) in [5, 5.41) is 3.47. The van der Waals surface area contributed by atoms with E-state index >= 15 is 0 Å². The van der Waals surface area contributed by atoms with E-state index in [1.165, 1.54) is 4.52 Å². The van der Waals surface area contributed by atoms with Crippen LogP contribution in [0, 0.1) is 4.77 Å². The van der Waals surface area contributed by atoms with Gasteiger partial charge in [0.2, 0.25) is 5.78 Å². The standard InChI is InChI=1S/C15H10N4OS/c20-13-11-8-4-5-9-12(11)16-14-18(15(21)17-19(13)14)10-6-2-1-3-7-10/h1-9H,(H,17,21). The Kier molecular flexibility index (Phi) is 2.52. The fraction of sp³-hybridized carbons (Fsp3) is 0. The van der Waals surface area contributed by atoms with Crippen molar-refractivity contribution in [2.24, 2.45) is 0 Å². The molecule has 1 N–H and O–H groups in total. The predicted molar refractivity (Wildman–Crippen MR) is 83.5 cm³/mol. The van der Waals surface area contributed by atoms with E-state index in [0.29, 0.717) is 21.5 Å². The van der Waals surface area contributed by atoms with Crippen molar-refractivity contribution in [2.45, 2.75) is 0 Å². The number of nitrogens with one attached hydrogen (secondary N) is 1. The first-order valence-corrected chi connectivity index (χ1v) is 6.84. The molecule has 0 aliphatic rings. The number of para-hydroxylation sites is 2. The molecule has 0 bridgehead atoms. The van der Waals surface area contributed by atoms with E-state index in [4.69, 9.17) is 12.2 Å². The van der Waals surface area contributed by atoms with Crippen molar-refractivity contribution in [3.63, 3.8) is 0 Å². The summed E-state index contributed by atoms with van der Waals surface area (Å²) in [6.45, 7) is 0. The first kappa shape index (κ1) is 12.0. The SMILES string of the molecule is O=c1c2ccccc2nc2n(-c3ccccc3)c(=S)[nH]n12. The van der Waals surface area contributed by atoms with Gasteiger partial charge < -0.3 is 0 Å². The lowest BCUT2D eigenvalue weighted by Crippen LogP contribution is -2.16. The Morgan fingerprint density at radius 3 is 2.52 bits per heavy atom. The minimum absolute atomic E-state index is 0.156. The molecule has 0 atom stereocenters. The maximum absolute atomic E-state index is 12.5. The summed E-state index contributed by atoms with van der Waals surface area (Å²) in [6, 6.07) is 16.9. The highest BCUT2D eigenvalue weighted by Crippen LogP contribution is 2.14. The molecule has 0 unspecified atom stereocenters. The fourth-order valence-corrected chi connectivity index (χ4v) is 2.70. The first-order valence-electron chi connectivity index (χ1n) is 6.44. The van der Waals surface area contributed by atoms with E-state index in [-0.39, 0.29) is 5.56 Å². The third-order valence-corrected chi connectivity index (χ3v) is 3.66. The molecule has 0 radical (unpaired) electrons. The number of hydrogen-bond acceptors (Lipinski definition) is 3. The van der Waals surface area contributed by atoms with Crippen LogP contribution in [-0.2, 0) is 0 Å². The van der Waals surface area contributed by atoms with E-state index in [1.54, 1.807) is 10.6 Å². The summed E-state index contributed by atoms with van der Waals surface area (Å²) in [6.07, 6.45) is 0. The first-order chi connectivity index (χ1) is 10.3. The Morgan fingerprint density at radius 2 is 1.71 bits per heavy atom. The monoisotopic (exact) mass is 294 g/mol. The molecule has 21 heavy (non-hydrogen) atoms. The minimum Gasteiger partial charge on any atom is -0.267 e. The number of rotatable bonds is 1. The van der Waals surface area contributed by atoms with Crippen LogP contribution in [0.5, 0.6) is 0 Å². The van der Waals surface area contributed by atoms with Crippen LogP contribution >= 0.6 is 12.2 Å². The highest BCUT2D eigenvalue weighted by molar-refractivity contribution is 7.71. The van der Waals surface area contributed by atoms with Crippen molar-refractivity contribution >= 4 is 28.9 Å². The van der Waals surface area contributed by atoms with Crippen molar-refractivity contribution in [2.75, 3.05) is 0 Å². The molecule has 6 heteroatoms. The molecule has 2 aromatic heterocycles. The van der Waals surface area contributed by atoms with Crippen LogP contribution in [-0.4, -0.2) is 19.2 Å². The molecule has 0 aliphatic carbocycles. The average molecular weight is 294 g/mol. The van der Waals surface area contributed by atoms with Gasteiger partial charge in [0.15, 0.2) is 4.77 Å². The van der Waals surface area contributed by atoms with E-state index in [1.807, 2.05) is 48.5 Å². The number of aromatic amines is 1. The predicted octanol–water partition coefficient (Wildman–Crippen LogP) is 2.70. The van der Waals surface area contributed by atoms with Gasteiger partial charge in [0.1, 0.15) is 0 Å². The van der Waals surface area contributed by atoms with Crippen LogP contribution in [0.4, 0.5) is 0 Å². The molecule has 2 heterocycles. The Balaban J connectivity index is 2.21. The van der Waals surface area contributed by atoms with Gasteiger partial charge in [-0.15, -0.1) is 0 Å². The Bertz CT molecular complexity index is 1080. The minimum atomic E-state index is -0.156. The maximum Gasteiger partial charge on any atom is 0.281 e. The van der Waals surface area contributed by atoms with Gasteiger partial charge in [0.25, 0.3) is 5.56 Å². The zero-order valence-electron chi connectivity index (χ0n) is 10.9. The van der Waals surface area contributed by atoms with Crippen LogP contribution in [0.2, 0.25) is 0 Å². The van der Waals surface area contributed by atoms with E-state index in [9.17, 15) is 4.79 Å². The van der Waals surface area contributed by atoms with E-state index in [0.717, 1.165) is 5.69 Å². The number of nitrogens with zero attached hydrogens (tertiary/aromatic N) is 3. The fourth-order valence-electron chi connectivity index (χ4n) is 2.42. The molecule has 0 saturated heterocycles. The number of fused-ring (bicyclic) bond motifs is 2. The second kappa shape index (κ2) is 4.39. The number of H-pyrrole nitrogens is 1. The lowest BCUT2D eigenvalue weighted by Gasteiger charge is -2.03. The van der Waals surface area contributed by atoms with Crippen LogP contribution in [0.25, 0.3) is 22.4 Å². The summed E-state index contributed by atoms with van der Waals surface area (Å²) in [4.78, 5) is 17.1. The summed E-state index contributed by atoms with van der Waals surface area (Å²) < 4.78 is 3.57. The normalized spacial score (nSPS) is 11.2. The molecule has 2 aromatic carbocycles. The highest BCUT2D eigenvalue weighted by Gasteiger charge is 2.12. The molecule has 5 nitrogen and oxygen atoms in total. The number of hydrogen-bond donors (Lipinski definition) is 1. The maximum atomic E-state index is 12.5. The quantitative estimate of drug-likeness (QED) is 0.549. The van der Waals surface area contributed by atoms with Crippen LogP contribution in [0.1, 0.15) is 0 Å². The van der Waals surface area contributed by atoms with Crippen LogP contribution in [0.3, 0.4) is 0 Å². The summed E-state index contributed by atoms with van der Waals surface area (Å²) >= 11 is 5.34. The molecule has 0 spiro atoms. The topological polar surface area (TPSA) is 55.1 Å². The lowest BCUT2D eigenvalue weighted by molar-refractivity contribution is 0.909. The molecule has 4 aromatic rings. The molecule has 0 saturated carbocycles. The lowest BCUT2D eigenvalue weighted by atomic mass is 10.2. The largest absolute Gasteiger partial charge is 0.281 e. The van der Waals surface area contributed by atoms with Gasteiger partial charge in [0.05, 0.1) is 16.6 Å².